The molecule has 3 rings (SSSR count). The fourth-order valence-corrected chi connectivity index (χ4v) is 2.59. The zero-order valence-electron chi connectivity index (χ0n) is 14.5. The van der Waals surface area contributed by atoms with Gasteiger partial charge in [0, 0.05) is 7.05 Å². The molecular weight excluding hydrogens is 379 g/mol. The highest BCUT2D eigenvalue weighted by atomic mass is 19.4. The van der Waals surface area contributed by atoms with Gasteiger partial charge in [-0.3, -0.25) is 9.69 Å². The van der Waals surface area contributed by atoms with E-state index in [2.05, 4.69) is 4.99 Å². The van der Waals surface area contributed by atoms with E-state index in [1.807, 2.05) is 30.3 Å². The standard InChI is InChI=1S/C16H15N3O2.C2HF3O2/c1-19-14(21)16(18-15(19)17,11-6-3-2-4-7-11)12-8-5-9-13(20)10-12;3-2(4,5)1(6)7/h2-10,20H,1H3,(H2,17,18);(H,6,7). The number of halogens is 3. The molecule has 2 aromatic rings. The maximum Gasteiger partial charge on any atom is 0.490 e. The Hall–Kier alpha value is -3.56. The first kappa shape index (κ1) is 20.7. The number of carboxylic acid groups (broad SMARTS) is 1. The van der Waals surface area contributed by atoms with Gasteiger partial charge in [-0.2, -0.15) is 13.2 Å². The van der Waals surface area contributed by atoms with E-state index >= 15 is 0 Å². The smallest absolute Gasteiger partial charge is 0.490 e. The van der Waals surface area contributed by atoms with E-state index in [-0.39, 0.29) is 17.6 Å². The molecule has 1 heterocycles. The number of phenols is 1. The maximum absolute atomic E-state index is 12.8. The lowest BCUT2D eigenvalue weighted by molar-refractivity contribution is -0.192. The van der Waals surface area contributed by atoms with Crippen LogP contribution in [0.15, 0.2) is 59.6 Å². The lowest BCUT2D eigenvalue weighted by Crippen LogP contribution is -2.41. The lowest BCUT2D eigenvalue weighted by Gasteiger charge is -2.26. The predicted octanol–water partition coefficient (Wildman–Crippen LogP) is 2.06. The number of benzene rings is 2. The van der Waals surface area contributed by atoms with Gasteiger partial charge < -0.3 is 15.9 Å². The van der Waals surface area contributed by atoms with E-state index in [9.17, 15) is 23.1 Å². The molecule has 7 nitrogen and oxygen atoms in total. The van der Waals surface area contributed by atoms with E-state index < -0.39 is 17.7 Å². The second-order valence-electron chi connectivity index (χ2n) is 5.76. The van der Waals surface area contributed by atoms with Gasteiger partial charge in [-0.05, 0) is 23.3 Å². The van der Waals surface area contributed by atoms with Gasteiger partial charge in [-0.25, -0.2) is 9.79 Å². The van der Waals surface area contributed by atoms with Crippen LogP contribution >= 0.6 is 0 Å². The Kier molecular flexibility index (Phi) is 5.62. The summed E-state index contributed by atoms with van der Waals surface area (Å²) in [5, 5.41) is 16.9. The molecule has 1 unspecified atom stereocenters. The molecule has 148 valence electrons. The third kappa shape index (κ3) is 3.90. The summed E-state index contributed by atoms with van der Waals surface area (Å²) >= 11 is 0. The number of aliphatic imine (C=N–C) groups is 1. The molecule has 2 aromatic carbocycles. The quantitative estimate of drug-likeness (QED) is 0.720. The van der Waals surface area contributed by atoms with Gasteiger partial charge >= 0.3 is 12.1 Å². The third-order valence-electron chi connectivity index (χ3n) is 3.94. The lowest BCUT2D eigenvalue weighted by atomic mass is 9.83. The van der Waals surface area contributed by atoms with Crippen LogP contribution in [0, 0.1) is 0 Å². The first-order chi connectivity index (χ1) is 13.0. The summed E-state index contributed by atoms with van der Waals surface area (Å²) in [6, 6.07) is 15.8. The Morgan fingerprint density at radius 1 is 1.11 bits per heavy atom. The average molecular weight is 395 g/mol. The Morgan fingerprint density at radius 2 is 1.64 bits per heavy atom. The van der Waals surface area contributed by atoms with Crippen molar-refractivity contribution in [2.24, 2.45) is 10.7 Å². The number of aromatic hydroxyl groups is 1. The number of alkyl halides is 3. The number of carbonyl (C=O) groups is 2. The van der Waals surface area contributed by atoms with Gasteiger partial charge in [0.1, 0.15) is 5.75 Å². The summed E-state index contributed by atoms with van der Waals surface area (Å²) < 4.78 is 31.7. The molecule has 0 saturated heterocycles. The second kappa shape index (κ2) is 7.59. The number of nitrogens with zero attached hydrogens (tertiary/aromatic N) is 2. The SMILES string of the molecule is CN1C(=O)C(c2ccccc2)(c2cccc(O)c2)N=C1N.O=C(O)C(F)(F)F. The summed E-state index contributed by atoms with van der Waals surface area (Å²) in [7, 11) is 1.59. The van der Waals surface area contributed by atoms with Crippen LogP contribution in [0.2, 0.25) is 0 Å². The van der Waals surface area contributed by atoms with Crippen molar-refractivity contribution in [3.8, 4) is 5.75 Å². The highest BCUT2D eigenvalue weighted by molar-refractivity contribution is 6.08. The van der Waals surface area contributed by atoms with Gasteiger partial charge in [-0.1, -0.05) is 42.5 Å². The minimum atomic E-state index is -5.08. The number of carboxylic acids is 1. The molecule has 0 fully saturated rings. The molecule has 1 aliphatic heterocycles. The molecule has 28 heavy (non-hydrogen) atoms. The highest BCUT2D eigenvalue weighted by Crippen LogP contribution is 2.39. The van der Waals surface area contributed by atoms with E-state index in [0.717, 1.165) is 0 Å². The summed E-state index contributed by atoms with van der Waals surface area (Å²) in [5.41, 5.74) is 5.92. The molecular formula is C18H16F3N3O4. The van der Waals surface area contributed by atoms with Crippen molar-refractivity contribution in [1.82, 2.24) is 4.90 Å². The molecule has 10 heteroatoms. The molecule has 1 atom stereocenters. The van der Waals surface area contributed by atoms with Gasteiger partial charge in [0.25, 0.3) is 5.91 Å². The predicted molar refractivity (Wildman–Crippen MR) is 93.4 cm³/mol. The van der Waals surface area contributed by atoms with Crippen molar-refractivity contribution in [2.45, 2.75) is 11.7 Å². The van der Waals surface area contributed by atoms with Crippen molar-refractivity contribution in [3.05, 3.63) is 65.7 Å². The number of hydrogen-bond acceptors (Lipinski definition) is 5. The van der Waals surface area contributed by atoms with Crippen LogP contribution < -0.4 is 5.73 Å². The summed E-state index contributed by atoms with van der Waals surface area (Å²) in [5.74, 6) is -2.75. The molecule has 1 aliphatic rings. The number of phenolic OH excluding ortho intramolecular Hbond substituents is 1. The number of nitrogens with two attached hydrogens (primary N) is 1. The van der Waals surface area contributed by atoms with Crippen LogP contribution in [0.1, 0.15) is 11.1 Å². The van der Waals surface area contributed by atoms with Gasteiger partial charge in [-0.15, -0.1) is 0 Å². The van der Waals surface area contributed by atoms with E-state index in [0.29, 0.717) is 11.1 Å². The fourth-order valence-electron chi connectivity index (χ4n) is 2.59. The highest BCUT2D eigenvalue weighted by Gasteiger charge is 2.49. The van der Waals surface area contributed by atoms with Gasteiger partial charge in [0.15, 0.2) is 11.5 Å². The van der Waals surface area contributed by atoms with Gasteiger partial charge in [0.2, 0.25) is 0 Å². The number of aliphatic carboxylic acids is 1. The molecule has 4 N–H and O–H groups in total. The molecule has 0 aromatic heterocycles. The van der Waals surface area contributed by atoms with Crippen molar-refractivity contribution in [3.63, 3.8) is 0 Å². The van der Waals surface area contributed by atoms with Crippen molar-refractivity contribution >= 4 is 17.8 Å². The van der Waals surface area contributed by atoms with Crippen LogP contribution in [-0.2, 0) is 15.1 Å². The Morgan fingerprint density at radius 3 is 2.07 bits per heavy atom. The Labute approximate surface area is 157 Å². The molecule has 0 aliphatic carbocycles. The Balaban J connectivity index is 0.000000345. The summed E-state index contributed by atoms with van der Waals surface area (Å²) in [6.07, 6.45) is -5.08. The summed E-state index contributed by atoms with van der Waals surface area (Å²) in [4.78, 5) is 27.4. The minimum absolute atomic E-state index is 0.0823. The number of amides is 1. The molecule has 0 saturated carbocycles. The first-order valence-corrected chi connectivity index (χ1v) is 7.78. The average Bonchev–Trinajstić information content (AvgIpc) is 2.87. The monoisotopic (exact) mass is 395 g/mol. The maximum atomic E-state index is 12.8. The number of likely N-dealkylation sites (N-methyl/N-ethyl adjacent to an activating group) is 1. The minimum Gasteiger partial charge on any atom is -0.508 e. The molecule has 0 spiro atoms. The largest absolute Gasteiger partial charge is 0.508 e. The van der Waals surface area contributed by atoms with Crippen LogP contribution in [0.4, 0.5) is 13.2 Å². The number of rotatable bonds is 2. The normalized spacial score (nSPS) is 18.9. The van der Waals surface area contributed by atoms with E-state index in [1.54, 1.807) is 31.3 Å². The van der Waals surface area contributed by atoms with Crippen molar-refractivity contribution in [2.75, 3.05) is 7.05 Å². The van der Waals surface area contributed by atoms with Crippen molar-refractivity contribution in [1.29, 1.82) is 0 Å². The zero-order chi connectivity index (χ0) is 21.1. The Bertz CT molecular complexity index is 916. The van der Waals surface area contributed by atoms with Crippen LogP contribution in [0.5, 0.6) is 5.75 Å². The fraction of sp³-hybridized carbons (Fsp3) is 0.167. The van der Waals surface area contributed by atoms with Crippen LogP contribution in [0.25, 0.3) is 0 Å². The van der Waals surface area contributed by atoms with Gasteiger partial charge in [0.05, 0.1) is 0 Å². The first-order valence-electron chi connectivity index (χ1n) is 7.78. The third-order valence-corrected chi connectivity index (χ3v) is 3.94. The number of carbonyl (C=O) groups excluding carboxylic acids is 1. The van der Waals surface area contributed by atoms with Crippen LogP contribution in [0.3, 0.4) is 0 Å². The number of hydrogen-bond donors (Lipinski definition) is 3. The molecule has 1 amide bonds. The zero-order valence-corrected chi connectivity index (χ0v) is 14.5. The second-order valence-corrected chi connectivity index (χ2v) is 5.76. The van der Waals surface area contributed by atoms with E-state index in [4.69, 9.17) is 15.6 Å². The van der Waals surface area contributed by atoms with Crippen molar-refractivity contribution < 1.29 is 33.0 Å². The summed E-state index contributed by atoms with van der Waals surface area (Å²) in [6.45, 7) is 0. The topological polar surface area (TPSA) is 116 Å². The number of guanidine groups is 1. The molecule has 0 bridgehead atoms. The van der Waals surface area contributed by atoms with Crippen LogP contribution in [-0.4, -0.2) is 46.2 Å². The van der Waals surface area contributed by atoms with E-state index in [1.165, 1.54) is 4.90 Å². The molecule has 0 radical (unpaired) electrons.